The molecule has 2 amide bonds. The van der Waals surface area contributed by atoms with Gasteiger partial charge in [0.2, 0.25) is 5.91 Å². The summed E-state index contributed by atoms with van der Waals surface area (Å²) >= 11 is 0. The molecular weight excluding hydrogens is 440 g/mol. The second-order valence-corrected chi connectivity index (χ2v) is 9.16. The first-order valence-electron chi connectivity index (χ1n) is 11.8. The van der Waals surface area contributed by atoms with Gasteiger partial charge in [-0.15, -0.1) is 0 Å². The summed E-state index contributed by atoms with van der Waals surface area (Å²) in [5.74, 6) is 0.0570. The van der Waals surface area contributed by atoms with Gasteiger partial charge in [-0.05, 0) is 55.7 Å². The van der Waals surface area contributed by atoms with E-state index in [4.69, 9.17) is 4.42 Å². The highest BCUT2D eigenvalue weighted by Crippen LogP contribution is 2.34. The first-order valence-corrected chi connectivity index (χ1v) is 11.8. The Morgan fingerprint density at radius 1 is 1.09 bits per heavy atom. The number of aromatic nitrogens is 2. The molecule has 2 aromatic carbocycles. The normalized spacial score (nSPS) is 17.3. The van der Waals surface area contributed by atoms with E-state index in [-0.39, 0.29) is 18.4 Å². The molecule has 2 aromatic heterocycles. The lowest BCUT2D eigenvalue weighted by atomic mass is 9.93. The number of carbonyl (C=O) groups is 2. The highest BCUT2D eigenvalue weighted by atomic mass is 16.3. The summed E-state index contributed by atoms with van der Waals surface area (Å²) in [5.41, 5.74) is 3.72. The van der Waals surface area contributed by atoms with Crippen LogP contribution in [0.4, 0.5) is 5.69 Å². The van der Waals surface area contributed by atoms with E-state index in [1.165, 1.54) is 0 Å². The molecule has 1 atom stereocenters. The maximum absolute atomic E-state index is 13.9. The molecule has 7 nitrogen and oxygen atoms in total. The van der Waals surface area contributed by atoms with E-state index >= 15 is 0 Å². The van der Waals surface area contributed by atoms with Gasteiger partial charge in [0.25, 0.3) is 5.91 Å². The molecule has 3 heterocycles. The molecule has 0 fully saturated rings. The maximum atomic E-state index is 13.9. The first-order chi connectivity index (χ1) is 16.9. The molecule has 0 saturated heterocycles. The number of hydrogen-bond acceptors (Lipinski definition) is 4. The van der Waals surface area contributed by atoms with E-state index in [2.05, 4.69) is 17.3 Å². The van der Waals surface area contributed by atoms with E-state index in [1.54, 1.807) is 41.0 Å². The van der Waals surface area contributed by atoms with Crippen LogP contribution in [-0.2, 0) is 24.3 Å². The number of furan rings is 1. The minimum atomic E-state index is -1.19. The van der Waals surface area contributed by atoms with Crippen LogP contribution in [-0.4, -0.2) is 27.1 Å². The molecule has 5 rings (SSSR count). The lowest BCUT2D eigenvalue weighted by molar-refractivity contribution is -0.126. The number of benzene rings is 2. The van der Waals surface area contributed by atoms with E-state index in [0.29, 0.717) is 29.4 Å². The van der Waals surface area contributed by atoms with E-state index < -0.39 is 5.54 Å². The van der Waals surface area contributed by atoms with Crippen LogP contribution in [0, 0.1) is 6.92 Å². The molecule has 0 radical (unpaired) electrons. The number of carbonyl (C=O) groups excluding carboxylic acids is 2. The average molecular weight is 469 g/mol. The summed E-state index contributed by atoms with van der Waals surface area (Å²) in [6.07, 6.45) is 2.40. The Balaban J connectivity index is 1.53. The topological polar surface area (TPSA) is 80.4 Å². The van der Waals surface area contributed by atoms with Crippen molar-refractivity contribution in [3.8, 4) is 11.5 Å². The molecule has 178 valence electrons. The highest BCUT2D eigenvalue weighted by Gasteiger charge is 2.49. The van der Waals surface area contributed by atoms with Crippen LogP contribution in [0.5, 0.6) is 0 Å². The summed E-state index contributed by atoms with van der Waals surface area (Å²) in [7, 11) is 0. The second-order valence-electron chi connectivity index (χ2n) is 9.16. The SMILES string of the molecule is CCc1cccc(N2C(=O)c3cc(-c4ccco4)nn3CC2(C)C(=O)NCc2ccc(C)cc2)c1. The molecule has 1 aliphatic heterocycles. The molecule has 4 aromatic rings. The Labute approximate surface area is 204 Å². The number of aryl methyl sites for hydroxylation is 2. The van der Waals surface area contributed by atoms with Gasteiger partial charge in [0.15, 0.2) is 5.76 Å². The summed E-state index contributed by atoms with van der Waals surface area (Å²) in [6.45, 7) is 6.47. The molecule has 7 heteroatoms. The molecule has 0 saturated carbocycles. The number of nitrogens with zero attached hydrogens (tertiary/aromatic N) is 3. The smallest absolute Gasteiger partial charge is 0.277 e. The molecule has 0 spiro atoms. The summed E-state index contributed by atoms with van der Waals surface area (Å²) in [6, 6.07) is 21.1. The van der Waals surface area contributed by atoms with Crippen molar-refractivity contribution in [2.45, 2.75) is 45.8 Å². The van der Waals surface area contributed by atoms with Crippen LogP contribution in [0.15, 0.2) is 77.4 Å². The Bertz CT molecular complexity index is 1370. The zero-order valence-electron chi connectivity index (χ0n) is 20.1. The van der Waals surface area contributed by atoms with Crippen molar-refractivity contribution >= 4 is 17.5 Å². The van der Waals surface area contributed by atoms with Gasteiger partial charge < -0.3 is 9.73 Å². The predicted octanol–water partition coefficient (Wildman–Crippen LogP) is 4.75. The number of amides is 2. The highest BCUT2D eigenvalue weighted by molar-refractivity contribution is 6.12. The van der Waals surface area contributed by atoms with Crippen LogP contribution in [0.25, 0.3) is 11.5 Å². The van der Waals surface area contributed by atoms with Crippen LogP contribution >= 0.6 is 0 Å². The summed E-state index contributed by atoms with van der Waals surface area (Å²) in [5, 5.41) is 7.66. The lowest BCUT2D eigenvalue weighted by Crippen LogP contribution is -2.64. The van der Waals surface area contributed by atoms with Crippen molar-refractivity contribution in [2.75, 3.05) is 4.90 Å². The number of fused-ring (bicyclic) bond motifs is 1. The standard InChI is InChI=1S/C28H28N4O3/c1-4-20-7-5-8-22(15-20)32-26(33)24-16-23(25-9-6-14-35-25)30-31(24)18-28(32,3)27(34)29-17-21-12-10-19(2)11-13-21/h5-16H,4,17-18H2,1-3H3,(H,29,34). The van der Waals surface area contributed by atoms with E-state index in [9.17, 15) is 9.59 Å². The summed E-state index contributed by atoms with van der Waals surface area (Å²) < 4.78 is 7.11. The third-order valence-corrected chi connectivity index (χ3v) is 6.57. The van der Waals surface area contributed by atoms with E-state index in [0.717, 1.165) is 23.1 Å². The van der Waals surface area contributed by atoms with Crippen LogP contribution in [0.3, 0.4) is 0 Å². The van der Waals surface area contributed by atoms with E-state index in [1.807, 2.05) is 55.5 Å². The van der Waals surface area contributed by atoms with Gasteiger partial charge in [0.05, 0.1) is 12.8 Å². The fourth-order valence-corrected chi connectivity index (χ4v) is 4.52. The Hall–Kier alpha value is -4.13. The number of anilines is 1. The fourth-order valence-electron chi connectivity index (χ4n) is 4.52. The zero-order chi connectivity index (χ0) is 24.6. The Kier molecular flexibility index (Phi) is 5.76. The lowest BCUT2D eigenvalue weighted by Gasteiger charge is -2.43. The van der Waals surface area contributed by atoms with Gasteiger partial charge in [-0.2, -0.15) is 5.10 Å². The molecule has 0 bridgehead atoms. The Morgan fingerprint density at radius 3 is 2.60 bits per heavy atom. The van der Waals surface area contributed by atoms with Crippen molar-refractivity contribution < 1.29 is 14.0 Å². The minimum Gasteiger partial charge on any atom is -0.463 e. The third-order valence-electron chi connectivity index (χ3n) is 6.57. The third kappa shape index (κ3) is 4.14. The molecule has 1 N–H and O–H groups in total. The maximum Gasteiger partial charge on any atom is 0.277 e. The number of hydrogen-bond donors (Lipinski definition) is 1. The fraction of sp³-hybridized carbons (Fsp3) is 0.250. The predicted molar refractivity (Wildman–Crippen MR) is 134 cm³/mol. The largest absolute Gasteiger partial charge is 0.463 e. The molecule has 35 heavy (non-hydrogen) atoms. The number of rotatable bonds is 6. The second kappa shape index (κ2) is 8.91. The van der Waals surface area contributed by atoms with Gasteiger partial charge in [-0.3, -0.25) is 19.2 Å². The van der Waals surface area contributed by atoms with Gasteiger partial charge in [0.1, 0.15) is 16.9 Å². The van der Waals surface area contributed by atoms with Gasteiger partial charge in [-0.25, -0.2) is 0 Å². The van der Waals surface area contributed by atoms with Crippen molar-refractivity contribution in [2.24, 2.45) is 0 Å². The van der Waals surface area contributed by atoms with Crippen LogP contribution in [0.2, 0.25) is 0 Å². The molecular formula is C28H28N4O3. The quantitative estimate of drug-likeness (QED) is 0.443. The minimum absolute atomic E-state index is 0.213. The van der Waals surface area contributed by atoms with Crippen LogP contribution < -0.4 is 10.2 Å². The molecule has 1 unspecified atom stereocenters. The summed E-state index contributed by atoms with van der Waals surface area (Å²) in [4.78, 5) is 29.2. The number of nitrogens with one attached hydrogen (secondary N) is 1. The van der Waals surface area contributed by atoms with Crippen molar-refractivity contribution in [1.82, 2.24) is 15.1 Å². The average Bonchev–Trinajstić information content (AvgIpc) is 3.54. The molecule has 1 aliphatic rings. The zero-order valence-corrected chi connectivity index (χ0v) is 20.1. The van der Waals surface area contributed by atoms with Crippen molar-refractivity contribution in [3.63, 3.8) is 0 Å². The first kappa shape index (κ1) is 22.7. The van der Waals surface area contributed by atoms with Gasteiger partial charge in [0, 0.05) is 18.3 Å². The Morgan fingerprint density at radius 2 is 1.89 bits per heavy atom. The van der Waals surface area contributed by atoms with Gasteiger partial charge >= 0.3 is 0 Å². The monoisotopic (exact) mass is 468 g/mol. The van der Waals surface area contributed by atoms with Crippen molar-refractivity contribution in [3.05, 3.63) is 95.4 Å². The van der Waals surface area contributed by atoms with Crippen molar-refractivity contribution in [1.29, 1.82) is 0 Å². The van der Waals surface area contributed by atoms with Gasteiger partial charge in [-0.1, -0.05) is 48.9 Å². The molecule has 0 aliphatic carbocycles. The van der Waals surface area contributed by atoms with Crippen LogP contribution in [0.1, 0.15) is 41.0 Å².